The van der Waals surface area contributed by atoms with Gasteiger partial charge in [0.05, 0.1) is 12.7 Å². The molecular weight excluding hydrogens is 222 g/mol. The van der Waals surface area contributed by atoms with Crippen LogP contribution in [0.15, 0.2) is 0 Å². The van der Waals surface area contributed by atoms with Crippen LogP contribution in [0.2, 0.25) is 0 Å². The lowest BCUT2D eigenvalue weighted by Crippen LogP contribution is -2.51. The zero-order valence-electron chi connectivity index (χ0n) is 10.1. The lowest BCUT2D eigenvalue weighted by Gasteiger charge is -2.26. The van der Waals surface area contributed by atoms with Crippen LogP contribution in [-0.4, -0.2) is 54.9 Å². The third-order valence-electron chi connectivity index (χ3n) is 4.06. The van der Waals surface area contributed by atoms with Crippen LogP contribution in [0.1, 0.15) is 12.8 Å². The number of likely N-dealkylation sites (tertiary alicyclic amines) is 1. The summed E-state index contributed by atoms with van der Waals surface area (Å²) in [4.78, 5) is 13.7. The number of hydrogen-bond donors (Lipinski definition) is 3. The van der Waals surface area contributed by atoms with E-state index in [9.17, 15) is 9.90 Å². The fraction of sp³-hybridized carbons (Fsp3) is 0.909. The Morgan fingerprint density at radius 1 is 1.59 bits per heavy atom. The zero-order chi connectivity index (χ0) is 12.4. The molecule has 1 amide bonds. The number of ether oxygens (including phenoxy) is 1. The molecule has 4 N–H and O–H groups in total. The SMILES string of the molecule is COCC(C(=O)NN)N1CC2CCC(O)C2C1. The van der Waals surface area contributed by atoms with E-state index in [2.05, 4.69) is 10.3 Å². The molecule has 0 spiro atoms. The molecule has 1 aliphatic carbocycles. The van der Waals surface area contributed by atoms with Gasteiger partial charge in [-0.25, -0.2) is 5.84 Å². The minimum Gasteiger partial charge on any atom is -0.393 e. The third kappa shape index (κ3) is 2.44. The number of amides is 1. The summed E-state index contributed by atoms with van der Waals surface area (Å²) in [7, 11) is 1.57. The summed E-state index contributed by atoms with van der Waals surface area (Å²) in [6, 6.07) is -0.345. The summed E-state index contributed by atoms with van der Waals surface area (Å²) in [5.41, 5.74) is 2.18. The smallest absolute Gasteiger partial charge is 0.253 e. The molecule has 1 saturated heterocycles. The van der Waals surface area contributed by atoms with E-state index in [0.29, 0.717) is 18.4 Å². The van der Waals surface area contributed by atoms with Crippen molar-refractivity contribution in [1.29, 1.82) is 0 Å². The number of nitrogens with one attached hydrogen (secondary N) is 1. The van der Waals surface area contributed by atoms with E-state index in [-0.39, 0.29) is 18.1 Å². The van der Waals surface area contributed by atoms with Gasteiger partial charge in [0.15, 0.2) is 0 Å². The number of methoxy groups -OCH3 is 1. The Morgan fingerprint density at radius 3 is 2.94 bits per heavy atom. The molecule has 98 valence electrons. The maximum Gasteiger partial charge on any atom is 0.253 e. The monoisotopic (exact) mass is 243 g/mol. The largest absolute Gasteiger partial charge is 0.393 e. The second-order valence-corrected chi connectivity index (χ2v) is 5.00. The Bertz CT molecular complexity index is 287. The van der Waals surface area contributed by atoms with Gasteiger partial charge in [-0.05, 0) is 18.8 Å². The number of aliphatic hydroxyl groups is 1. The van der Waals surface area contributed by atoms with E-state index in [1.165, 1.54) is 0 Å². The van der Waals surface area contributed by atoms with E-state index < -0.39 is 0 Å². The molecule has 2 fully saturated rings. The third-order valence-corrected chi connectivity index (χ3v) is 4.06. The molecule has 0 aromatic rings. The van der Waals surface area contributed by atoms with E-state index in [1.807, 2.05) is 0 Å². The minimum absolute atomic E-state index is 0.214. The topological polar surface area (TPSA) is 87.8 Å². The number of carbonyl (C=O) groups is 1. The van der Waals surface area contributed by atoms with Gasteiger partial charge in [-0.1, -0.05) is 0 Å². The second kappa shape index (κ2) is 5.30. The van der Waals surface area contributed by atoms with Gasteiger partial charge < -0.3 is 9.84 Å². The fourth-order valence-electron chi connectivity index (χ4n) is 3.13. The Morgan fingerprint density at radius 2 is 2.35 bits per heavy atom. The van der Waals surface area contributed by atoms with Gasteiger partial charge in [-0.3, -0.25) is 15.1 Å². The average molecular weight is 243 g/mol. The standard InChI is InChI=1S/C11H21N3O3/c1-17-6-9(11(16)13-12)14-4-7-2-3-10(15)8(7)5-14/h7-10,15H,2-6,12H2,1H3,(H,13,16). The Labute approximate surface area is 101 Å². The van der Waals surface area contributed by atoms with Crippen molar-refractivity contribution in [2.75, 3.05) is 26.8 Å². The van der Waals surface area contributed by atoms with Crippen molar-refractivity contribution >= 4 is 5.91 Å². The van der Waals surface area contributed by atoms with Crippen LogP contribution >= 0.6 is 0 Å². The lowest BCUT2D eigenvalue weighted by molar-refractivity contribution is -0.128. The maximum atomic E-state index is 11.7. The highest BCUT2D eigenvalue weighted by Gasteiger charge is 2.44. The van der Waals surface area contributed by atoms with Crippen molar-refractivity contribution in [2.45, 2.75) is 25.0 Å². The molecule has 6 nitrogen and oxygen atoms in total. The predicted molar refractivity (Wildman–Crippen MR) is 61.8 cm³/mol. The van der Waals surface area contributed by atoms with Crippen molar-refractivity contribution < 1.29 is 14.6 Å². The first kappa shape index (κ1) is 12.8. The van der Waals surface area contributed by atoms with Crippen molar-refractivity contribution in [3.8, 4) is 0 Å². The van der Waals surface area contributed by atoms with Crippen LogP contribution in [0.25, 0.3) is 0 Å². The van der Waals surface area contributed by atoms with Gasteiger partial charge in [0.2, 0.25) is 0 Å². The molecule has 6 heteroatoms. The van der Waals surface area contributed by atoms with E-state index in [0.717, 1.165) is 25.9 Å². The van der Waals surface area contributed by atoms with Gasteiger partial charge in [0, 0.05) is 26.1 Å². The number of hydrogen-bond acceptors (Lipinski definition) is 5. The van der Waals surface area contributed by atoms with Crippen molar-refractivity contribution in [1.82, 2.24) is 10.3 Å². The number of nitrogens with two attached hydrogens (primary N) is 1. The zero-order valence-corrected chi connectivity index (χ0v) is 10.1. The van der Waals surface area contributed by atoms with Crippen LogP contribution in [0.4, 0.5) is 0 Å². The highest BCUT2D eigenvalue weighted by Crippen LogP contribution is 2.38. The number of nitrogens with zero attached hydrogens (tertiary/aromatic N) is 1. The Balaban J connectivity index is 1.99. The molecule has 1 saturated carbocycles. The molecule has 0 radical (unpaired) electrons. The highest BCUT2D eigenvalue weighted by molar-refractivity contribution is 5.81. The summed E-state index contributed by atoms with van der Waals surface area (Å²) in [6.45, 7) is 1.94. The Hall–Kier alpha value is -0.690. The average Bonchev–Trinajstić information content (AvgIpc) is 2.88. The number of aliphatic hydroxyl groups excluding tert-OH is 1. The van der Waals surface area contributed by atoms with Crippen molar-refractivity contribution in [2.24, 2.45) is 17.7 Å². The first-order chi connectivity index (χ1) is 8.17. The summed E-state index contributed by atoms with van der Waals surface area (Å²) < 4.78 is 5.07. The van der Waals surface area contributed by atoms with Crippen LogP contribution in [-0.2, 0) is 9.53 Å². The van der Waals surface area contributed by atoms with Gasteiger partial charge >= 0.3 is 0 Å². The first-order valence-corrected chi connectivity index (χ1v) is 6.09. The molecule has 4 unspecified atom stereocenters. The Kier molecular flexibility index (Phi) is 3.98. The quantitative estimate of drug-likeness (QED) is 0.324. The molecule has 1 aliphatic heterocycles. The molecule has 0 aromatic heterocycles. The highest BCUT2D eigenvalue weighted by atomic mass is 16.5. The van der Waals surface area contributed by atoms with Crippen molar-refractivity contribution in [3.05, 3.63) is 0 Å². The number of hydrazine groups is 1. The minimum atomic E-state index is -0.345. The lowest BCUT2D eigenvalue weighted by atomic mass is 10.00. The van der Waals surface area contributed by atoms with Crippen LogP contribution < -0.4 is 11.3 Å². The molecule has 0 aromatic carbocycles. The first-order valence-electron chi connectivity index (χ1n) is 6.09. The molecular formula is C11H21N3O3. The second-order valence-electron chi connectivity index (χ2n) is 5.00. The summed E-state index contributed by atoms with van der Waals surface area (Å²) in [5.74, 6) is 5.78. The van der Waals surface area contributed by atoms with E-state index >= 15 is 0 Å². The molecule has 1 heterocycles. The number of carbonyl (C=O) groups excluding carboxylic acids is 1. The van der Waals surface area contributed by atoms with Crippen molar-refractivity contribution in [3.63, 3.8) is 0 Å². The van der Waals surface area contributed by atoms with Gasteiger partial charge in [0.25, 0.3) is 5.91 Å². The van der Waals surface area contributed by atoms with Crippen LogP contribution in [0.3, 0.4) is 0 Å². The molecule has 17 heavy (non-hydrogen) atoms. The van der Waals surface area contributed by atoms with Crippen LogP contribution in [0.5, 0.6) is 0 Å². The molecule has 0 bridgehead atoms. The van der Waals surface area contributed by atoms with E-state index in [1.54, 1.807) is 7.11 Å². The molecule has 2 aliphatic rings. The predicted octanol–water partition coefficient (Wildman–Crippen LogP) is -1.31. The van der Waals surface area contributed by atoms with E-state index in [4.69, 9.17) is 10.6 Å². The molecule has 4 atom stereocenters. The van der Waals surface area contributed by atoms with Gasteiger partial charge in [0.1, 0.15) is 6.04 Å². The number of rotatable bonds is 4. The fourth-order valence-corrected chi connectivity index (χ4v) is 3.13. The summed E-state index contributed by atoms with van der Waals surface area (Å²) in [5, 5.41) is 9.84. The van der Waals surface area contributed by atoms with Gasteiger partial charge in [-0.2, -0.15) is 0 Å². The number of fused-ring (bicyclic) bond motifs is 1. The summed E-state index contributed by atoms with van der Waals surface area (Å²) >= 11 is 0. The summed E-state index contributed by atoms with van der Waals surface area (Å²) in [6.07, 6.45) is 1.72. The maximum absolute atomic E-state index is 11.7. The van der Waals surface area contributed by atoms with Gasteiger partial charge in [-0.15, -0.1) is 0 Å². The normalized spacial score (nSPS) is 34.6. The van der Waals surface area contributed by atoms with Crippen LogP contribution in [0, 0.1) is 11.8 Å². The molecule has 2 rings (SSSR count).